The predicted octanol–water partition coefficient (Wildman–Crippen LogP) is 15.3. The van der Waals surface area contributed by atoms with Gasteiger partial charge < -0.3 is 20.1 Å². The number of methoxy groups -OCH3 is 1. The maximum Gasteiger partial charge on any atom is 0.307 e. The van der Waals surface area contributed by atoms with E-state index in [1.807, 2.05) is 13.8 Å². The summed E-state index contributed by atoms with van der Waals surface area (Å²) in [6.07, 6.45) is 17.1. The highest BCUT2D eigenvalue weighted by Crippen LogP contribution is 2.58. The second-order valence-corrected chi connectivity index (χ2v) is 23.9. The number of ether oxygens (including phenoxy) is 1. The Labute approximate surface area is 413 Å². The number of carbonyl (C=O) groups is 5. The van der Waals surface area contributed by atoms with Crippen molar-refractivity contribution in [1.29, 1.82) is 0 Å². The van der Waals surface area contributed by atoms with Gasteiger partial charge >= 0.3 is 17.9 Å². The van der Waals surface area contributed by atoms with Crippen LogP contribution < -0.4 is 0 Å². The average Bonchev–Trinajstić information content (AvgIpc) is 4.03. The highest BCUT2D eigenvalue weighted by atomic mass is 16.5. The van der Waals surface area contributed by atoms with Crippen molar-refractivity contribution in [3.63, 3.8) is 0 Å². The molecule has 16 atom stereocenters. The van der Waals surface area contributed by atoms with Crippen molar-refractivity contribution in [1.82, 2.24) is 0 Å². The van der Waals surface area contributed by atoms with Gasteiger partial charge in [0.15, 0.2) is 0 Å². The lowest BCUT2D eigenvalue weighted by Gasteiger charge is -2.35. The molecule has 9 heteroatoms. The van der Waals surface area contributed by atoms with Crippen LogP contribution in [0.3, 0.4) is 0 Å². The molecule has 0 aromatic carbocycles. The zero-order valence-electron chi connectivity index (χ0n) is 47.4. The predicted molar refractivity (Wildman–Crippen MR) is 279 cm³/mol. The van der Waals surface area contributed by atoms with Gasteiger partial charge in [0.05, 0.1) is 23.9 Å². The molecule has 0 spiro atoms. The first-order valence-electron chi connectivity index (χ1n) is 27.1. The SMILES string of the molecule is CC(=O)C1C2CC(C(C)C2C)C1C(=O)O.CC(=O)C1CC(C)C(C)CC1C(=O)O.CC(C)C(=O)O.CC1C2CCC(C2)C1C.CC1CCCCC1C.CCC(C)(C)C.CCCC.COC(C)C. The smallest absolute Gasteiger partial charge is 0.307 e. The first-order chi connectivity index (χ1) is 30.9. The molecule has 9 nitrogen and oxygen atoms in total. The van der Waals surface area contributed by atoms with Gasteiger partial charge in [0, 0.05) is 18.9 Å². The molecule has 0 aromatic rings. The third-order valence-electron chi connectivity index (χ3n) is 17.2. The molecule has 0 radical (unpaired) electrons. The van der Waals surface area contributed by atoms with E-state index in [4.69, 9.17) is 14.9 Å². The Balaban J connectivity index is 0. The van der Waals surface area contributed by atoms with E-state index >= 15 is 0 Å². The van der Waals surface area contributed by atoms with E-state index in [1.54, 1.807) is 34.3 Å². The van der Waals surface area contributed by atoms with Crippen LogP contribution in [0.15, 0.2) is 0 Å². The van der Waals surface area contributed by atoms with Crippen molar-refractivity contribution in [3.8, 4) is 0 Å². The normalized spacial score (nSPS) is 34.1. The van der Waals surface area contributed by atoms with Gasteiger partial charge in [0.2, 0.25) is 0 Å². The van der Waals surface area contributed by atoms with E-state index in [0.717, 1.165) is 48.3 Å². The van der Waals surface area contributed by atoms with E-state index in [2.05, 4.69) is 96.9 Å². The quantitative estimate of drug-likeness (QED) is 0.226. The van der Waals surface area contributed by atoms with Crippen LogP contribution in [0.2, 0.25) is 0 Å². The molecule has 0 amide bonds. The topological polar surface area (TPSA) is 155 Å². The van der Waals surface area contributed by atoms with E-state index < -0.39 is 29.7 Å². The zero-order valence-corrected chi connectivity index (χ0v) is 47.4. The summed E-state index contributed by atoms with van der Waals surface area (Å²) in [4.78, 5) is 54.7. The van der Waals surface area contributed by atoms with Gasteiger partial charge in [0.1, 0.15) is 11.6 Å². The van der Waals surface area contributed by atoms with Gasteiger partial charge in [-0.2, -0.15) is 0 Å². The number of carbonyl (C=O) groups excluding carboxylic acids is 2. The maximum absolute atomic E-state index is 11.5. The van der Waals surface area contributed by atoms with E-state index in [0.29, 0.717) is 47.5 Å². The molecule has 6 saturated carbocycles. The van der Waals surface area contributed by atoms with Crippen LogP contribution in [-0.4, -0.2) is 58.0 Å². The van der Waals surface area contributed by atoms with Crippen LogP contribution in [0.5, 0.6) is 0 Å². The number of carboxylic acids is 3. The highest BCUT2D eigenvalue weighted by molar-refractivity contribution is 5.86. The second kappa shape index (κ2) is 33.3. The fourth-order valence-electron chi connectivity index (χ4n) is 10.6. The van der Waals surface area contributed by atoms with Crippen molar-refractivity contribution in [2.24, 2.45) is 106 Å². The van der Waals surface area contributed by atoms with Gasteiger partial charge in [-0.15, -0.1) is 0 Å². The molecule has 0 aliphatic heterocycles. The molecule has 3 N–H and O–H groups in total. The molecular weight excluding hydrogens is 841 g/mol. The molecular formula is C58H110O9. The third kappa shape index (κ3) is 24.4. The lowest BCUT2D eigenvalue weighted by molar-refractivity contribution is -0.150. The van der Waals surface area contributed by atoms with Crippen molar-refractivity contribution >= 4 is 29.5 Å². The molecule has 16 unspecified atom stereocenters. The fraction of sp³-hybridized carbons (Fsp3) is 0.914. The molecule has 67 heavy (non-hydrogen) atoms. The summed E-state index contributed by atoms with van der Waals surface area (Å²) >= 11 is 0. The van der Waals surface area contributed by atoms with Crippen molar-refractivity contribution in [2.45, 2.75) is 228 Å². The number of unbranched alkanes of at least 4 members (excludes halogenated alkanes) is 1. The van der Waals surface area contributed by atoms with E-state index in [-0.39, 0.29) is 35.2 Å². The maximum atomic E-state index is 11.5. The Bertz CT molecular complexity index is 1310. The molecule has 0 saturated heterocycles. The van der Waals surface area contributed by atoms with E-state index in [1.165, 1.54) is 64.7 Å². The second-order valence-electron chi connectivity index (χ2n) is 23.9. The molecule has 4 bridgehead atoms. The first kappa shape index (κ1) is 66.8. The summed E-state index contributed by atoms with van der Waals surface area (Å²) in [6.45, 7) is 41.7. The van der Waals surface area contributed by atoms with Crippen molar-refractivity contribution in [3.05, 3.63) is 0 Å². The summed E-state index contributed by atoms with van der Waals surface area (Å²) in [6, 6.07) is 0. The van der Waals surface area contributed by atoms with Crippen LogP contribution in [0.4, 0.5) is 0 Å². The van der Waals surface area contributed by atoms with Crippen molar-refractivity contribution in [2.75, 3.05) is 7.11 Å². The Morgan fingerprint density at radius 3 is 1.12 bits per heavy atom. The highest BCUT2D eigenvalue weighted by Gasteiger charge is 2.58. The van der Waals surface area contributed by atoms with Gasteiger partial charge in [-0.3, -0.25) is 24.0 Å². The first-order valence-corrected chi connectivity index (χ1v) is 27.1. The fourth-order valence-corrected chi connectivity index (χ4v) is 10.6. The van der Waals surface area contributed by atoms with Gasteiger partial charge in [-0.25, -0.2) is 0 Å². The molecule has 6 rings (SSSR count). The number of fused-ring (bicyclic) bond motifs is 4. The van der Waals surface area contributed by atoms with Crippen LogP contribution >= 0.6 is 0 Å². The molecule has 0 aromatic heterocycles. The molecule has 6 fully saturated rings. The summed E-state index contributed by atoms with van der Waals surface area (Å²) < 4.78 is 4.75. The van der Waals surface area contributed by atoms with Crippen molar-refractivity contribution < 1.29 is 44.0 Å². The number of carboxylic acid groups (broad SMARTS) is 3. The monoisotopic (exact) mass is 951 g/mol. The Morgan fingerprint density at radius 2 is 0.896 bits per heavy atom. The Kier molecular flexibility index (Phi) is 33.2. The molecule has 6 aliphatic carbocycles. The number of rotatable bonds is 7. The number of hydrogen-bond donors (Lipinski definition) is 3. The lowest BCUT2D eigenvalue weighted by atomic mass is 9.68. The Hall–Kier alpha value is -2.29. The summed E-state index contributed by atoms with van der Waals surface area (Å²) in [5.41, 5.74) is 0.542. The Morgan fingerprint density at radius 1 is 0.537 bits per heavy atom. The van der Waals surface area contributed by atoms with Gasteiger partial charge in [0.25, 0.3) is 0 Å². The standard InChI is InChI=1S/C12H18O3.C11H18O3.C9H16.C8H16.C6H14.C4H8O2.C4H10O.C4H10/c1-5-6(2)9-4-8(5)10(7(3)13)11(9)12(14)15;1-6-4-9(8(3)12)10(11(13)14)5-7(6)2;1-6-7(2)9-4-3-8(6)5-9;1-7-5-3-4-6-8(7)2;1-5-6(2,3)4;1-3(2)4(5)6;1-4(2)5-3;1-3-4-2/h5-6,8-11H,4H2,1-3H3,(H,14,15);6-7,9-10H,4-5H2,1-3H3,(H,13,14);6-9H,3-5H2,1-2H3;7-8H,3-6H2,1-2H3;5H2,1-4H3;3H,1-2H3,(H,5,6);4H,1-3H3;3-4H2,1-2H3. The number of Topliss-reactive ketones (excluding diaryl/α,β-unsaturated/α-hetero) is 2. The van der Waals surface area contributed by atoms with Crippen LogP contribution in [0.1, 0.15) is 222 Å². The number of aliphatic carboxylic acids is 3. The van der Waals surface area contributed by atoms with E-state index in [9.17, 15) is 29.1 Å². The molecule has 396 valence electrons. The third-order valence-corrected chi connectivity index (χ3v) is 17.2. The minimum Gasteiger partial charge on any atom is -0.481 e. The van der Waals surface area contributed by atoms with Crippen LogP contribution in [-0.2, 0) is 28.7 Å². The number of hydrogen-bond acceptors (Lipinski definition) is 6. The van der Waals surface area contributed by atoms with Crippen LogP contribution in [0, 0.1) is 106 Å². The molecule has 6 aliphatic rings. The summed E-state index contributed by atoms with van der Waals surface area (Å²) in [5, 5.41) is 26.2. The molecule has 0 heterocycles. The minimum atomic E-state index is -0.816. The van der Waals surface area contributed by atoms with Crippen LogP contribution in [0.25, 0.3) is 0 Å². The number of ketones is 2. The largest absolute Gasteiger partial charge is 0.481 e. The lowest BCUT2D eigenvalue weighted by Crippen LogP contribution is -2.40. The summed E-state index contributed by atoms with van der Waals surface area (Å²) in [7, 11) is 1.70. The summed E-state index contributed by atoms with van der Waals surface area (Å²) in [5.74, 6) is 4.83. The minimum absolute atomic E-state index is 0.0242. The van der Waals surface area contributed by atoms with Gasteiger partial charge in [-0.05, 0) is 143 Å². The zero-order chi connectivity index (χ0) is 52.7. The van der Waals surface area contributed by atoms with Gasteiger partial charge in [-0.1, -0.05) is 156 Å². The average molecular weight is 952 g/mol.